The van der Waals surface area contributed by atoms with Crippen LogP contribution >= 0.6 is 12.4 Å². The highest BCUT2D eigenvalue weighted by atomic mass is 35.5. The number of hydrogen-bond donors (Lipinski definition) is 2. The normalized spacial score (nSPS) is 18.1. The lowest BCUT2D eigenvalue weighted by atomic mass is 9.79. The molecule has 2 rings (SSSR count). The SMILES string of the molecule is Cc1cc([C@@H](N2CCNCC2)C(C)(C)CO)ccc1F.Cl. The van der Waals surface area contributed by atoms with E-state index in [1.165, 1.54) is 6.07 Å². The van der Waals surface area contributed by atoms with Gasteiger partial charge in [0.1, 0.15) is 5.82 Å². The summed E-state index contributed by atoms with van der Waals surface area (Å²) in [5, 5.41) is 13.1. The third-order valence-electron chi connectivity index (χ3n) is 4.16. The van der Waals surface area contributed by atoms with Crippen molar-refractivity contribution in [3.05, 3.63) is 35.1 Å². The molecule has 0 spiro atoms. The summed E-state index contributed by atoms with van der Waals surface area (Å²) < 4.78 is 13.5. The average Bonchev–Trinajstić information content (AvgIpc) is 2.44. The van der Waals surface area contributed by atoms with Crippen LogP contribution in [0.1, 0.15) is 31.0 Å². The summed E-state index contributed by atoms with van der Waals surface area (Å²) in [6.07, 6.45) is 0. The Kier molecular flexibility index (Phi) is 6.60. The maximum Gasteiger partial charge on any atom is 0.126 e. The van der Waals surface area contributed by atoms with Gasteiger partial charge in [0, 0.05) is 44.2 Å². The zero-order valence-electron chi connectivity index (χ0n) is 13.0. The number of halogens is 2. The van der Waals surface area contributed by atoms with Gasteiger partial charge in [0.05, 0.1) is 0 Å². The molecule has 1 aliphatic heterocycles. The van der Waals surface area contributed by atoms with E-state index >= 15 is 0 Å². The van der Waals surface area contributed by atoms with Crippen molar-refractivity contribution in [1.29, 1.82) is 0 Å². The van der Waals surface area contributed by atoms with Crippen molar-refractivity contribution in [2.75, 3.05) is 32.8 Å². The fourth-order valence-electron chi connectivity index (χ4n) is 3.02. The summed E-state index contributed by atoms with van der Waals surface area (Å²) in [5.41, 5.74) is 1.49. The highest BCUT2D eigenvalue weighted by Crippen LogP contribution is 2.38. The Morgan fingerprint density at radius 2 is 1.95 bits per heavy atom. The Morgan fingerprint density at radius 3 is 2.48 bits per heavy atom. The third-order valence-corrected chi connectivity index (χ3v) is 4.16. The van der Waals surface area contributed by atoms with Crippen LogP contribution in [0.3, 0.4) is 0 Å². The fraction of sp³-hybridized carbons (Fsp3) is 0.625. The molecule has 0 amide bonds. The Balaban J connectivity index is 0.00000220. The fourth-order valence-corrected chi connectivity index (χ4v) is 3.02. The molecule has 0 saturated carbocycles. The van der Waals surface area contributed by atoms with E-state index in [1.54, 1.807) is 6.92 Å². The van der Waals surface area contributed by atoms with Gasteiger partial charge in [0.2, 0.25) is 0 Å². The molecule has 1 heterocycles. The lowest BCUT2D eigenvalue weighted by Crippen LogP contribution is -2.49. The van der Waals surface area contributed by atoms with Crippen LogP contribution < -0.4 is 5.32 Å². The first kappa shape index (κ1) is 18.4. The molecule has 0 aliphatic carbocycles. The van der Waals surface area contributed by atoms with Crippen LogP contribution in [0.25, 0.3) is 0 Å². The number of hydrogen-bond acceptors (Lipinski definition) is 3. The van der Waals surface area contributed by atoms with Crippen molar-refractivity contribution < 1.29 is 9.50 Å². The van der Waals surface area contributed by atoms with Crippen molar-refractivity contribution in [1.82, 2.24) is 10.2 Å². The molecule has 21 heavy (non-hydrogen) atoms. The molecule has 0 aromatic heterocycles. The molecule has 2 N–H and O–H groups in total. The Bertz CT molecular complexity index is 462. The first-order chi connectivity index (χ1) is 9.45. The lowest BCUT2D eigenvalue weighted by Gasteiger charge is -2.43. The molecule has 1 saturated heterocycles. The van der Waals surface area contributed by atoms with Crippen LogP contribution in [0.2, 0.25) is 0 Å². The maximum absolute atomic E-state index is 13.5. The molecule has 1 atom stereocenters. The van der Waals surface area contributed by atoms with E-state index in [9.17, 15) is 9.50 Å². The number of nitrogens with zero attached hydrogens (tertiary/aromatic N) is 1. The second-order valence-electron chi connectivity index (χ2n) is 6.34. The predicted molar refractivity (Wildman–Crippen MR) is 86.4 cm³/mol. The number of aryl methyl sites for hydroxylation is 1. The molecule has 0 bridgehead atoms. The summed E-state index contributed by atoms with van der Waals surface area (Å²) in [5.74, 6) is -0.172. The van der Waals surface area contributed by atoms with E-state index < -0.39 is 0 Å². The molecular weight excluding hydrogens is 291 g/mol. The van der Waals surface area contributed by atoms with Crippen molar-refractivity contribution in [2.24, 2.45) is 5.41 Å². The third kappa shape index (κ3) is 4.16. The minimum Gasteiger partial charge on any atom is -0.396 e. The van der Waals surface area contributed by atoms with E-state index in [4.69, 9.17) is 0 Å². The van der Waals surface area contributed by atoms with Crippen LogP contribution in [-0.2, 0) is 0 Å². The Labute approximate surface area is 132 Å². The number of benzene rings is 1. The van der Waals surface area contributed by atoms with Gasteiger partial charge >= 0.3 is 0 Å². The molecule has 120 valence electrons. The van der Waals surface area contributed by atoms with Crippen molar-refractivity contribution in [2.45, 2.75) is 26.8 Å². The largest absolute Gasteiger partial charge is 0.396 e. The standard InChI is InChI=1S/C16H25FN2O.ClH/c1-12-10-13(4-5-14(12)17)15(16(2,3)11-20)19-8-6-18-7-9-19;/h4-5,10,15,18,20H,6-9,11H2,1-3H3;1H/t15-;/m1./s1. The molecule has 1 aromatic carbocycles. The van der Waals surface area contributed by atoms with Gasteiger partial charge in [-0.05, 0) is 24.1 Å². The first-order valence-electron chi connectivity index (χ1n) is 7.27. The monoisotopic (exact) mass is 316 g/mol. The van der Waals surface area contributed by atoms with Gasteiger partial charge in [0.15, 0.2) is 0 Å². The van der Waals surface area contributed by atoms with E-state index in [0.29, 0.717) is 5.56 Å². The summed E-state index contributed by atoms with van der Waals surface area (Å²) in [6, 6.07) is 5.41. The second-order valence-corrected chi connectivity index (χ2v) is 6.34. The van der Waals surface area contributed by atoms with Gasteiger partial charge < -0.3 is 10.4 Å². The number of nitrogens with one attached hydrogen (secondary N) is 1. The summed E-state index contributed by atoms with van der Waals surface area (Å²) in [6.45, 7) is 9.85. The van der Waals surface area contributed by atoms with E-state index in [2.05, 4.69) is 24.1 Å². The Morgan fingerprint density at radius 1 is 1.33 bits per heavy atom. The van der Waals surface area contributed by atoms with Crippen LogP contribution in [0.5, 0.6) is 0 Å². The summed E-state index contributed by atoms with van der Waals surface area (Å²) in [4.78, 5) is 2.39. The van der Waals surface area contributed by atoms with Crippen molar-refractivity contribution >= 4 is 12.4 Å². The smallest absolute Gasteiger partial charge is 0.126 e. The van der Waals surface area contributed by atoms with Gasteiger partial charge in [-0.1, -0.05) is 26.0 Å². The van der Waals surface area contributed by atoms with E-state index in [-0.39, 0.29) is 36.3 Å². The highest BCUT2D eigenvalue weighted by molar-refractivity contribution is 5.85. The summed E-state index contributed by atoms with van der Waals surface area (Å²) >= 11 is 0. The van der Waals surface area contributed by atoms with Gasteiger partial charge in [-0.25, -0.2) is 4.39 Å². The van der Waals surface area contributed by atoms with Crippen LogP contribution in [-0.4, -0.2) is 42.8 Å². The topological polar surface area (TPSA) is 35.5 Å². The molecule has 0 unspecified atom stereocenters. The molecule has 5 heteroatoms. The molecule has 1 aliphatic rings. The minimum atomic E-state index is -0.262. The molecule has 0 radical (unpaired) electrons. The minimum absolute atomic E-state index is 0. The molecule has 1 aromatic rings. The zero-order chi connectivity index (χ0) is 14.8. The van der Waals surface area contributed by atoms with Crippen LogP contribution in [0.15, 0.2) is 18.2 Å². The van der Waals surface area contributed by atoms with E-state index in [0.717, 1.165) is 31.7 Å². The van der Waals surface area contributed by atoms with Gasteiger partial charge in [0.25, 0.3) is 0 Å². The van der Waals surface area contributed by atoms with E-state index in [1.807, 2.05) is 12.1 Å². The number of piperazine rings is 1. The first-order valence-corrected chi connectivity index (χ1v) is 7.27. The predicted octanol–water partition coefficient (Wildman–Crippen LogP) is 2.52. The zero-order valence-corrected chi connectivity index (χ0v) is 13.8. The maximum atomic E-state index is 13.5. The molecular formula is C16H26ClFN2O. The van der Waals surface area contributed by atoms with Gasteiger partial charge in [-0.3, -0.25) is 4.90 Å². The van der Waals surface area contributed by atoms with Crippen LogP contribution in [0.4, 0.5) is 4.39 Å². The van der Waals surface area contributed by atoms with Gasteiger partial charge in [-0.15, -0.1) is 12.4 Å². The average molecular weight is 317 g/mol. The number of aliphatic hydroxyl groups is 1. The molecule has 1 fully saturated rings. The molecule has 3 nitrogen and oxygen atoms in total. The van der Waals surface area contributed by atoms with Gasteiger partial charge in [-0.2, -0.15) is 0 Å². The summed E-state index contributed by atoms with van der Waals surface area (Å²) in [7, 11) is 0. The number of aliphatic hydroxyl groups excluding tert-OH is 1. The van der Waals surface area contributed by atoms with Crippen molar-refractivity contribution in [3.8, 4) is 0 Å². The highest BCUT2D eigenvalue weighted by Gasteiger charge is 2.35. The van der Waals surface area contributed by atoms with Crippen LogP contribution in [0, 0.1) is 18.2 Å². The lowest BCUT2D eigenvalue weighted by molar-refractivity contribution is 0.0304. The Hall–Kier alpha value is -0.680. The number of rotatable bonds is 4. The quantitative estimate of drug-likeness (QED) is 0.896. The van der Waals surface area contributed by atoms with Crippen molar-refractivity contribution in [3.63, 3.8) is 0 Å². The second kappa shape index (κ2) is 7.54.